The molecule has 7 nitrogen and oxygen atoms in total. The summed E-state index contributed by atoms with van der Waals surface area (Å²) in [5, 5.41) is 20.7. The lowest BCUT2D eigenvalue weighted by molar-refractivity contribution is 0.195. The summed E-state index contributed by atoms with van der Waals surface area (Å²) >= 11 is 0. The highest BCUT2D eigenvalue weighted by Crippen LogP contribution is 2.38. The van der Waals surface area contributed by atoms with E-state index in [1.54, 1.807) is 0 Å². The van der Waals surface area contributed by atoms with E-state index in [1.807, 2.05) is 24.3 Å². The number of piperidine rings is 1. The monoisotopic (exact) mass is 552 g/mol. The fraction of sp³-hybridized carbons (Fsp3) is 0.464. The van der Waals surface area contributed by atoms with E-state index < -0.39 is 11.2 Å². The Morgan fingerprint density at radius 3 is 2.35 bits per heavy atom. The number of phenolic OH excluding ortho intramolecular Hbond substituents is 1. The van der Waals surface area contributed by atoms with Gasteiger partial charge in [-0.3, -0.25) is 4.79 Å². The second-order valence-corrected chi connectivity index (χ2v) is 9.46. The largest absolute Gasteiger partial charge is 0.504 e. The number of nitrogens with zero attached hydrogens (tertiary/aromatic N) is 2. The first-order chi connectivity index (χ1) is 17.0. The van der Waals surface area contributed by atoms with Crippen molar-refractivity contribution in [3.8, 4) is 28.6 Å². The van der Waals surface area contributed by atoms with Gasteiger partial charge in [0.15, 0.2) is 17.1 Å². The number of unbranched alkanes of at least 4 members (excludes halogenated alkanes) is 1. The van der Waals surface area contributed by atoms with Crippen LogP contribution in [-0.2, 0) is 6.42 Å². The lowest BCUT2D eigenvalue weighted by atomic mass is 10.0. The zero-order chi connectivity index (χ0) is 24.8. The van der Waals surface area contributed by atoms with E-state index >= 15 is 0 Å². The van der Waals surface area contributed by atoms with Crippen LogP contribution in [0.4, 0.5) is 0 Å². The third kappa shape index (κ3) is 7.54. The van der Waals surface area contributed by atoms with Crippen molar-refractivity contribution in [1.29, 1.82) is 0 Å². The van der Waals surface area contributed by atoms with Gasteiger partial charge in [0.1, 0.15) is 0 Å². The van der Waals surface area contributed by atoms with Crippen molar-refractivity contribution in [2.45, 2.75) is 38.5 Å². The molecule has 9 heteroatoms. The third-order valence-corrected chi connectivity index (χ3v) is 6.89. The molecule has 2 N–H and O–H groups in total. The highest BCUT2D eigenvalue weighted by atomic mass is 35.5. The van der Waals surface area contributed by atoms with Crippen LogP contribution < -0.4 is 10.2 Å². The number of rotatable bonds is 10. The number of fused-ring (bicyclic) bond motifs is 1. The van der Waals surface area contributed by atoms with Crippen molar-refractivity contribution in [2.75, 3.05) is 46.9 Å². The molecule has 0 spiro atoms. The molecule has 0 unspecified atom stereocenters. The summed E-state index contributed by atoms with van der Waals surface area (Å²) in [4.78, 5) is 17.7. The summed E-state index contributed by atoms with van der Waals surface area (Å²) in [5.74, 6) is -0.454. The molecule has 2 heterocycles. The maximum absolute atomic E-state index is 12.7. The Balaban J connectivity index is 0.00000241. The molecule has 0 radical (unpaired) electrons. The molecule has 1 aliphatic heterocycles. The van der Waals surface area contributed by atoms with Crippen LogP contribution in [0.15, 0.2) is 45.6 Å². The average molecular weight is 554 g/mol. The zero-order valence-electron chi connectivity index (χ0n) is 21.6. The molecular weight excluding hydrogens is 515 g/mol. The van der Waals surface area contributed by atoms with E-state index in [1.165, 1.54) is 63.7 Å². The Kier molecular flexibility index (Phi) is 12.0. The number of likely N-dealkylation sites (N-methyl/N-ethyl adjacent to an activating group) is 1. The van der Waals surface area contributed by atoms with Gasteiger partial charge in [-0.05, 0) is 76.5 Å². The quantitative estimate of drug-likeness (QED) is 0.323. The highest BCUT2D eigenvalue weighted by Gasteiger charge is 2.20. The minimum Gasteiger partial charge on any atom is -0.504 e. The van der Waals surface area contributed by atoms with Crippen molar-refractivity contribution in [1.82, 2.24) is 9.80 Å². The number of benzene rings is 2. The van der Waals surface area contributed by atoms with Crippen LogP contribution in [0.1, 0.15) is 37.7 Å². The summed E-state index contributed by atoms with van der Waals surface area (Å²) in [6.45, 7) is 5.89. The Morgan fingerprint density at radius 2 is 1.68 bits per heavy atom. The summed E-state index contributed by atoms with van der Waals surface area (Å²) in [5.41, 5.74) is 1.34. The van der Waals surface area contributed by atoms with Crippen LogP contribution in [0.5, 0.6) is 17.2 Å². The topological polar surface area (TPSA) is 86.4 Å². The van der Waals surface area contributed by atoms with Gasteiger partial charge in [0.25, 0.3) is 0 Å². The standard InChI is InChI=1S/C28H36N2O5.2ClH/c1-29(18-19-30-16-5-3-6-17-30)15-7-4-8-20-9-11-21(12-10-20)26-25(33)24(32)22-13-14-23(31)28(34-2)27(22)35-26;;/h9-14,31,33H,3-8,15-19H2,1-2H3;2*1H. The van der Waals surface area contributed by atoms with Crippen molar-refractivity contribution >= 4 is 35.8 Å². The molecule has 0 aliphatic carbocycles. The number of hydrogen-bond donors (Lipinski definition) is 2. The van der Waals surface area contributed by atoms with Crippen LogP contribution >= 0.6 is 24.8 Å². The Bertz CT molecular complexity index is 1190. The van der Waals surface area contributed by atoms with E-state index in [0.29, 0.717) is 5.56 Å². The van der Waals surface area contributed by atoms with E-state index in [-0.39, 0.29) is 53.0 Å². The minimum absolute atomic E-state index is 0. The smallest absolute Gasteiger partial charge is 0.235 e. The summed E-state index contributed by atoms with van der Waals surface area (Å²) in [7, 11) is 3.60. The number of ether oxygens (including phenoxy) is 1. The number of aryl methyl sites for hydroxylation is 1. The highest BCUT2D eigenvalue weighted by molar-refractivity contribution is 5.88. The fourth-order valence-electron chi connectivity index (χ4n) is 4.75. The summed E-state index contributed by atoms with van der Waals surface area (Å²) < 4.78 is 11.1. The lowest BCUT2D eigenvalue weighted by Crippen LogP contribution is -2.36. The van der Waals surface area contributed by atoms with Crippen LogP contribution in [0.25, 0.3) is 22.3 Å². The Morgan fingerprint density at radius 1 is 0.973 bits per heavy atom. The number of halogens is 2. The minimum atomic E-state index is -0.562. The molecule has 1 saturated heterocycles. The first kappa shape index (κ1) is 30.8. The molecule has 0 amide bonds. The molecule has 0 saturated carbocycles. The van der Waals surface area contributed by atoms with Gasteiger partial charge in [0.05, 0.1) is 12.5 Å². The second kappa shape index (κ2) is 14.5. The van der Waals surface area contributed by atoms with Crippen molar-refractivity contribution in [2.24, 2.45) is 0 Å². The van der Waals surface area contributed by atoms with Crippen molar-refractivity contribution < 1.29 is 19.4 Å². The molecule has 1 aromatic heterocycles. The molecule has 3 aromatic rings. The van der Waals surface area contributed by atoms with Gasteiger partial charge in [0.2, 0.25) is 16.9 Å². The first-order valence-electron chi connectivity index (χ1n) is 12.5. The molecule has 1 aliphatic rings. The van der Waals surface area contributed by atoms with Crippen LogP contribution in [0, 0.1) is 0 Å². The second-order valence-electron chi connectivity index (χ2n) is 9.46. The fourth-order valence-corrected chi connectivity index (χ4v) is 4.75. The maximum atomic E-state index is 12.7. The zero-order valence-corrected chi connectivity index (χ0v) is 23.2. The SMILES string of the molecule is COc1c(O)ccc2c(=O)c(O)c(-c3ccc(CCCCN(C)CCN4CCCCC4)cc3)oc12.Cl.Cl. The molecule has 4 rings (SSSR count). The lowest BCUT2D eigenvalue weighted by Gasteiger charge is -2.28. The van der Waals surface area contributed by atoms with Gasteiger partial charge >= 0.3 is 0 Å². The predicted octanol–water partition coefficient (Wildman–Crippen LogP) is 5.46. The van der Waals surface area contributed by atoms with Crippen LogP contribution in [-0.4, -0.2) is 66.9 Å². The average Bonchev–Trinajstić information content (AvgIpc) is 2.88. The van der Waals surface area contributed by atoms with E-state index in [2.05, 4.69) is 16.8 Å². The predicted molar refractivity (Wildman–Crippen MR) is 153 cm³/mol. The Hall–Kier alpha value is -2.45. The van der Waals surface area contributed by atoms with E-state index in [9.17, 15) is 15.0 Å². The number of aromatic hydroxyl groups is 2. The van der Waals surface area contributed by atoms with Crippen molar-refractivity contribution in [3.63, 3.8) is 0 Å². The normalized spacial score (nSPS) is 13.8. The van der Waals surface area contributed by atoms with Crippen LogP contribution in [0.3, 0.4) is 0 Å². The van der Waals surface area contributed by atoms with E-state index in [0.717, 1.165) is 32.4 Å². The molecular formula is C28H38Cl2N2O5. The van der Waals surface area contributed by atoms with Gasteiger partial charge in [-0.1, -0.05) is 30.7 Å². The molecule has 204 valence electrons. The van der Waals surface area contributed by atoms with Gasteiger partial charge in [-0.2, -0.15) is 0 Å². The van der Waals surface area contributed by atoms with Crippen LogP contribution in [0.2, 0.25) is 0 Å². The Labute approximate surface area is 230 Å². The molecule has 0 bridgehead atoms. The van der Waals surface area contributed by atoms with Gasteiger partial charge < -0.3 is 29.2 Å². The van der Waals surface area contributed by atoms with Crippen molar-refractivity contribution in [3.05, 3.63) is 52.2 Å². The number of phenols is 1. The molecule has 37 heavy (non-hydrogen) atoms. The number of likely N-dealkylation sites (tertiary alicyclic amines) is 1. The molecule has 2 aromatic carbocycles. The number of hydrogen-bond acceptors (Lipinski definition) is 7. The van der Waals surface area contributed by atoms with E-state index in [4.69, 9.17) is 9.15 Å². The molecule has 0 atom stereocenters. The van der Waals surface area contributed by atoms with Gasteiger partial charge in [-0.15, -0.1) is 24.8 Å². The molecule has 1 fully saturated rings. The van der Waals surface area contributed by atoms with Gasteiger partial charge in [0, 0.05) is 18.7 Å². The third-order valence-electron chi connectivity index (χ3n) is 6.89. The first-order valence-corrected chi connectivity index (χ1v) is 12.5. The number of methoxy groups -OCH3 is 1. The maximum Gasteiger partial charge on any atom is 0.235 e. The summed E-state index contributed by atoms with van der Waals surface area (Å²) in [6.07, 6.45) is 7.27. The summed E-state index contributed by atoms with van der Waals surface area (Å²) in [6, 6.07) is 10.4. The van der Waals surface area contributed by atoms with Gasteiger partial charge in [-0.25, -0.2) is 0 Å².